The third kappa shape index (κ3) is 3.42. The van der Waals surface area contributed by atoms with Gasteiger partial charge in [-0.25, -0.2) is 0 Å². The second kappa shape index (κ2) is 5.83. The number of likely N-dealkylation sites (tertiary alicyclic amines) is 1. The molecule has 1 heterocycles. The van der Waals surface area contributed by atoms with Gasteiger partial charge in [-0.3, -0.25) is 4.79 Å². The summed E-state index contributed by atoms with van der Waals surface area (Å²) in [5, 5.41) is 0. The molecule has 17 heavy (non-hydrogen) atoms. The summed E-state index contributed by atoms with van der Waals surface area (Å²) in [5.41, 5.74) is 5.79. The van der Waals surface area contributed by atoms with Crippen molar-refractivity contribution < 1.29 is 9.53 Å². The van der Waals surface area contributed by atoms with E-state index in [-0.39, 0.29) is 24.7 Å². The first-order chi connectivity index (χ1) is 8.16. The second-order valence-electron chi connectivity index (χ2n) is 5.50. The number of rotatable bonds is 3. The van der Waals surface area contributed by atoms with E-state index in [1.165, 1.54) is 19.3 Å². The molecule has 3 atom stereocenters. The molecule has 4 heteroatoms. The Morgan fingerprint density at radius 3 is 2.76 bits per heavy atom. The summed E-state index contributed by atoms with van der Waals surface area (Å²) >= 11 is 0. The maximum atomic E-state index is 11.9. The molecule has 1 aliphatic heterocycles. The van der Waals surface area contributed by atoms with Crippen LogP contribution in [-0.2, 0) is 9.53 Å². The van der Waals surface area contributed by atoms with Crippen LogP contribution in [0, 0.1) is 5.92 Å². The van der Waals surface area contributed by atoms with E-state index in [1.807, 2.05) is 4.90 Å². The molecule has 0 bridgehead atoms. The minimum Gasteiger partial charge on any atom is -0.368 e. The first kappa shape index (κ1) is 12.8. The number of carbonyl (C=O) groups excluding carboxylic acids is 1. The van der Waals surface area contributed by atoms with Crippen LogP contribution in [0.25, 0.3) is 0 Å². The minimum atomic E-state index is 0.107. The lowest BCUT2D eigenvalue weighted by atomic mass is 9.88. The van der Waals surface area contributed by atoms with Crippen molar-refractivity contribution in [1.82, 2.24) is 4.90 Å². The van der Waals surface area contributed by atoms with E-state index in [0.717, 1.165) is 19.4 Å². The summed E-state index contributed by atoms with van der Waals surface area (Å²) in [6.45, 7) is 3.95. The van der Waals surface area contributed by atoms with Gasteiger partial charge >= 0.3 is 0 Å². The molecule has 98 valence electrons. The van der Waals surface area contributed by atoms with Gasteiger partial charge in [-0.2, -0.15) is 0 Å². The molecule has 2 aliphatic rings. The van der Waals surface area contributed by atoms with Crippen LogP contribution in [-0.4, -0.2) is 42.6 Å². The molecule has 1 amide bonds. The standard InChI is InChI=1S/C13H24N2O2/c1-10-4-2-3-5-12(10)17-9-13(16)15-7-6-11(14)8-15/h10-12H,2-9,14H2,1H3/t10?,11-,12?/m1/s1. The van der Waals surface area contributed by atoms with Crippen LogP contribution in [0.3, 0.4) is 0 Å². The van der Waals surface area contributed by atoms with E-state index in [0.29, 0.717) is 12.5 Å². The fraction of sp³-hybridized carbons (Fsp3) is 0.923. The molecule has 2 rings (SSSR count). The smallest absolute Gasteiger partial charge is 0.248 e. The lowest BCUT2D eigenvalue weighted by molar-refractivity contribution is -0.139. The van der Waals surface area contributed by atoms with Crippen LogP contribution in [0.15, 0.2) is 0 Å². The topological polar surface area (TPSA) is 55.6 Å². The lowest BCUT2D eigenvalue weighted by Crippen LogP contribution is -2.36. The highest BCUT2D eigenvalue weighted by molar-refractivity contribution is 5.77. The number of nitrogens with zero attached hydrogens (tertiary/aromatic N) is 1. The zero-order valence-corrected chi connectivity index (χ0v) is 10.7. The normalized spacial score (nSPS) is 34.0. The molecule has 1 saturated heterocycles. The van der Waals surface area contributed by atoms with E-state index in [2.05, 4.69) is 6.92 Å². The monoisotopic (exact) mass is 240 g/mol. The number of amides is 1. The van der Waals surface area contributed by atoms with Crippen molar-refractivity contribution in [1.29, 1.82) is 0 Å². The van der Waals surface area contributed by atoms with Crippen LogP contribution >= 0.6 is 0 Å². The van der Waals surface area contributed by atoms with Crippen molar-refractivity contribution in [2.24, 2.45) is 11.7 Å². The number of hydrogen-bond acceptors (Lipinski definition) is 3. The van der Waals surface area contributed by atoms with Gasteiger partial charge in [0, 0.05) is 19.1 Å². The van der Waals surface area contributed by atoms with Crippen molar-refractivity contribution in [2.75, 3.05) is 19.7 Å². The molecule has 0 aromatic carbocycles. The fourth-order valence-electron chi connectivity index (χ4n) is 2.81. The highest BCUT2D eigenvalue weighted by Gasteiger charge is 2.26. The zero-order valence-electron chi connectivity index (χ0n) is 10.7. The quantitative estimate of drug-likeness (QED) is 0.805. The van der Waals surface area contributed by atoms with E-state index in [9.17, 15) is 4.79 Å². The molecule has 4 nitrogen and oxygen atoms in total. The van der Waals surface area contributed by atoms with Crippen molar-refractivity contribution in [3.05, 3.63) is 0 Å². The Balaban J connectivity index is 1.72. The average Bonchev–Trinajstić information content (AvgIpc) is 2.74. The molecule has 1 aliphatic carbocycles. The predicted octanol–water partition coefficient (Wildman–Crippen LogP) is 1.14. The van der Waals surface area contributed by atoms with E-state index in [1.54, 1.807) is 0 Å². The number of carbonyl (C=O) groups is 1. The van der Waals surface area contributed by atoms with Gasteiger partial charge in [-0.1, -0.05) is 19.8 Å². The third-order valence-corrected chi connectivity index (χ3v) is 4.03. The van der Waals surface area contributed by atoms with Gasteiger partial charge in [-0.05, 0) is 25.2 Å². The van der Waals surface area contributed by atoms with Crippen molar-refractivity contribution in [3.8, 4) is 0 Å². The third-order valence-electron chi connectivity index (χ3n) is 4.03. The molecule has 0 radical (unpaired) electrons. The largest absolute Gasteiger partial charge is 0.368 e. The summed E-state index contributed by atoms with van der Waals surface area (Å²) in [5.74, 6) is 0.702. The summed E-state index contributed by atoms with van der Waals surface area (Å²) in [6, 6.07) is 0.160. The predicted molar refractivity (Wildman–Crippen MR) is 66.5 cm³/mol. The zero-order chi connectivity index (χ0) is 12.3. The first-order valence-corrected chi connectivity index (χ1v) is 6.82. The Morgan fingerprint density at radius 1 is 1.35 bits per heavy atom. The second-order valence-corrected chi connectivity index (χ2v) is 5.50. The molecule has 2 unspecified atom stereocenters. The van der Waals surface area contributed by atoms with Crippen LogP contribution in [0.5, 0.6) is 0 Å². The van der Waals surface area contributed by atoms with Crippen LogP contribution in [0.1, 0.15) is 39.0 Å². The number of ether oxygens (including phenoxy) is 1. The van der Waals surface area contributed by atoms with Gasteiger partial charge in [0.15, 0.2) is 0 Å². The fourth-order valence-corrected chi connectivity index (χ4v) is 2.81. The molecule has 0 aromatic heterocycles. The average molecular weight is 240 g/mol. The van der Waals surface area contributed by atoms with Gasteiger partial charge in [0.2, 0.25) is 5.91 Å². The van der Waals surface area contributed by atoms with Crippen molar-refractivity contribution >= 4 is 5.91 Å². The Kier molecular flexibility index (Phi) is 4.40. The maximum absolute atomic E-state index is 11.9. The Bertz CT molecular complexity index is 270. The molecular formula is C13H24N2O2. The molecular weight excluding hydrogens is 216 g/mol. The summed E-state index contributed by atoms with van der Waals surface area (Å²) in [4.78, 5) is 13.7. The maximum Gasteiger partial charge on any atom is 0.248 e. The number of hydrogen-bond donors (Lipinski definition) is 1. The van der Waals surface area contributed by atoms with Crippen LogP contribution in [0.2, 0.25) is 0 Å². The summed E-state index contributed by atoms with van der Waals surface area (Å²) in [6.07, 6.45) is 6.07. The Labute approximate surface area is 103 Å². The molecule has 2 fully saturated rings. The Morgan fingerprint density at radius 2 is 2.12 bits per heavy atom. The van der Waals surface area contributed by atoms with Gasteiger partial charge in [0.05, 0.1) is 6.10 Å². The van der Waals surface area contributed by atoms with Gasteiger partial charge in [-0.15, -0.1) is 0 Å². The van der Waals surface area contributed by atoms with Crippen LogP contribution < -0.4 is 5.73 Å². The van der Waals surface area contributed by atoms with Crippen LogP contribution in [0.4, 0.5) is 0 Å². The van der Waals surface area contributed by atoms with Gasteiger partial charge < -0.3 is 15.4 Å². The lowest BCUT2D eigenvalue weighted by Gasteiger charge is -2.29. The first-order valence-electron chi connectivity index (χ1n) is 6.82. The summed E-state index contributed by atoms with van der Waals surface area (Å²) < 4.78 is 5.77. The molecule has 0 spiro atoms. The van der Waals surface area contributed by atoms with Crippen molar-refractivity contribution in [3.63, 3.8) is 0 Å². The number of nitrogens with two attached hydrogens (primary N) is 1. The van der Waals surface area contributed by atoms with E-state index < -0.39 is 0 Å². The van der Waals surface area contributed by atoms with E-state index in [4.69, 9.17) is 10.5 Å². The summed E-state index contributed by atoms with van der Waals surface area (Å²) in [7, 11) is 0. The molecule has 2 N–H and O–H groups in total. The van der Waals surface area contributed by atoms with Gasteiger partial charge in [0.25, 0.3) is 0 Å². The Hall–Kier alpha value is -0.610. The SMILES string of the molecule is CC1CCCCC1OCC(=O)N1CC[C@@H](N)C1. The highest BCUT2D eigenvalue weighted by atomic mass is 16.5. The molecule has 0 aromatic rings. The van der Waals surface area contributed by atoms with Crippen molar-refractivity contribution in [2.45, 2.75) is 51.2 Å². The molecule has 1 saturated carbocycles. The highest BCUT2D eigenvalue weighted by Crippen LogP contribution is 2.26. The van der Waals surface area contributed by atoms with E-state index >= 15 is 0 Å². The minimum absolute atomic E-state index is 0.107. The van der Waals surface area contributed by atoms with Gasteiger partial charge in [0.1, 0.15) is 6.61 Å².